The average molecular weight is 316 g/mol. The number of aryl methyl sites for hydroxylation is 2. The number of likely N-dealkylation sites (tertiary alicyclic amines) is 1. The Morgan fingerprint density at radius 1 is 1.00 bits per heavy atom. The number of hydrogen-bond acceptors (Lipinski definition) is 4. The molecular weight excluding hydrogens is 288 g/mol. The van der Waals surface area contributed by atoms with Gasteiger partial charge in [-0.3, -0.25) is 4.79 Å². The van der Waals surface area contributed by atoms with Gasteiger partial charge in [0.15, 0.2) is 0 Å². The zero-order valence-corrected chi connectivity index (χ0v) is 14.6. The van der Waals surface area contributed by atoms with Crippen LogP contribution in [0.5, 0.6) is 0 Å². The lowest BCUT2D eigenvalue weighted by atomic mass is 10.0. The number of piperazine rings is 1. The lowest BCUT2D eigenvalue weighted by molar-refractivity contribution is 0.0723. The van der Waals surface area contributed by atoms with Gasteiger partial charge in [-0.2, -0.15) is 0 Å². The molecule has 5 nitrogen and oxygen atoms in total. The molecule has 1 amide bonds. The molecule has 0 bridgehead atoms. The van der Waals surface area contributed by atoms with E-state index in [2.05, 4.69) is 16.8 Å². The molecule has 2 saturated heterocycles. The highest BCUT2D eigenvalue weighted by Gasteiger charge is 2.27. The highest BCUT2D eigenvalue weighted by atomic mass is 16.2. The van der Waals surface area contributed by atoms with E-state index in [-0.39, 0.29) is 5.91 Å². The second kappa shape index (κ2) is 6.87. The van der Waals surface area contributed by atoms with E-state index in [4.69, 9.17) is 4.98 Å². The fourth-order valence-electron chi connectivity index (χ4n) is 3.58. The first-order valence-electron chi connectivity index (χ1n) is 8.77. The Labute approximate surface area is 139 Å². The van der Waals surface area contributed by atoms with Crippen molar-refractivity contribution < 1.29 is 4.79 Å². The molecule has 5 heteroatoms. The third-order valence-electron chi connectivity index (χ3n) is 4.99. The molecule has 0 spiro atoms. The number of piperidine rings is 1. The van der Waals surface area contributed by atoms with Crippen molar-refractivity contribution in [2.24, 2.45) is 0 Å². The van der Waals surface area contributed by atoms with Crippen LogP contribution in [-0.4, -0.2) is 67.0 Å². The summed E-state index contributed by atoms with van der Waals surface area (Å²) in [5, 5.41) is 0. The number of pyridine rings is 1. The van der Waals surface area contributed by atoms with Crippen LogP contribution in [0.25, 0.3) is 0 Å². The Hall–Kier alpha value is -1.62. The Morgan fingerprint density at radius 3 is 2.30 bits per heavy atom. The smallest absolute Gasteiger partial charge is 0.257 e. The van der Waals surface area contributed by atoms with E-state index in [0.29, 0.717) is 0 Å². The van der Waals surface area contributed by atoms with E-state index in [1.54, 1.807) is 0 Å². The molecule has 2 aliphatic heterocycles. The zero-order valence-electron chi connectivity index (χ0n) is 14.6. The fraction of sp³-hybridized carbons (Fsp3) is 0.667. The first-order valence-corrected chi connectivity index (χ1v) is 8.77. The predicted molar refractivity (Wildman–Crippen MR) is 93.2 cm³/mol. The lowest BCUT2D eigenvalue weighted by Crippen LogP contribution is -2.46. The second-order valence-electron chi connectivity index (χ2n) is 6.92. The molecule has 23 heavy (non-hydrogen) atoms. The van der Waals surface area contributed by atoms with Crippen molar-refractivity contribution in [2.75, 3.05) is 51.2 Å². The maximum atomic E-state index is 13.1. The van der Waals surface area contributed by atoms with Crippen LogP contribution >= 0.6 is 0 Å². The van der Waals surface area contributed by atoms with Crippen LogP contribution in [0.2, 0.25) is 0 Å². The topological polar surface area (TPSA) is 39.7 Å². The van der Waals surface area contributed by atoms with Crippen molar-refractivity contribution in [3.63, 3.8) is 0 Å². The van der Waals surface area contributed by atoms with Crippen LogP contribution in [0.3, 0.4) is 0 Å². The summed E-state index contributed by atoms with van der Waals surface area (Å²) >= 11 is 0. The molecule has 3 heterocycles. The number of carbonyl (C=O) groups is 1. The SMILES string of the molecule is Cc1cc(C)c(C(=O)N2CCCCC2)c(N2CCN(C)CC2)n1. The van der Waals surface area contributed by atoms with Crippen molar-refractivity contribution in [2.45, 2.75) is 33.1 Å². The number of nitrogens with zero attached hydrogens (tertiary/aromatic N) is 4. The summed E-state index contributed by atoms with van der Waals surface area (Å²) < 4.78 is 0. The van der Waals surface area contributed by atoms with Crippen LogP contribution in [0, 0.1) is 13.8 Å². The van der Waals surface area contributed by atoms with Crippen molar-refractivity contribution in [3.05, 3.63) is 22.9 Å². The Bertz CT molecular complexity index is 573. The maximum absolute atomic E-state index is 13.1. The lowest BCUT2D eigenvalue weighted by Gasteiger charge is -2.35. The third-order valence-corrected chi connectivity index (χ3v) is 4.99. The largest absolute Gasteiger partial charge is 0.353 e. The second-order valence-corrected chi connectivity index (χ2v) is 6.92. The zero-order chi connectivity index (χ0) is 16.4. The summed E-state index contributed by atoms with van der Waals surface area (Å²) in [6.07, 6.45) is 3.47. The molecule has 0 atom stereocenters. The Kier molecular flexibility index (Phi) is 4.85. The number of aromatic nitrogens is 1. The van der Waals surface area contributed by atoms with Gasteiger partial charge < -0.3 is 14.7 Å². The van der Waals surface area contributed by atoms with E-state index in [1.807, 2.05) is 24.8 Å². The predicted octanol–water partition coefficient (Wildman–Crippen LogP) is 2.08. The molecule has 2 fully saturated rings. The van der Waals surface area contributed by atoms with E-state index in [1.165, 1.54) is 6.42 Å². The molecule has 1 aromatic heterocycles. The summed E-state index contributed by atoms with van der Waals surface area (Å²) in [6.45, 7) is 9.74. The molecule has 0 saturated carbocycles. The third kappa shape index (κ3) is 3.50. The van der Waals surface area contributed by atoms with Crippen LogP contribution < -0.4 is 4.90 Å². The molecule has 2 aliphatic rings. The van der Waals surface area contributed by atoms with Crippen LogP contribution in [-0.2, 0) is 0 Å². The van der Waals surface area contributed by atoms with Gasteiger partial charge in [0.25, 0.3) is 5.91 Å². The van der Waals surface area contributed by atoms with Crippen molar-refractivity contribution in [3.8, 4) is 0 Å². The van der Waals surface area contributed by atoms with Gasteiger partial charge in [-0.15, -0.1) is 0 Å². The fourth-order valence-corrected chi connectivity index (χ4v) is 3.58. The van der Waals surface area contributed by atoms with Gasteiger partial charge in [-0.05, 0) is 51.8 Å². The standard InChI is InChI=1S/C18H28N4O/c1-14-13-15(2)19-17(21-11-9-20(3)10-12-21)16(14)18(23)22-7-5-4-6-8-22/h13H,4-12H2,1-3H3. The maximum Gasteiger partial charge on any atom is 0.257 e. The molecule has 3 rings (SSSR count). The van der Waals surface area contributed by atoms with Gasteiger partial charge in [0.05, 0.1) is 5.56 Å². The van der Waals surface area contributed by atoms with Crippen LogP contribution in [0.15, 0.2) is 6.07 Å². The Morgan fingerprint density at radius 2 is 1.65 bits per heavy atom. The van der Waals surface area contributed by atoms with Crippen molar-refractivity contribution >= 4 is 11.7 Å². The van der Waals surface area contributed by atoms with Crippen LogP contribution in [0.4, 0.5) is 5.82 Å². The van der Waals surface area contributed by atoms with Gasteiger partial charge in [0.1, 0.15) is 5.82 Å². The highest BCUT2D eigenvalue weighted by molar-refractivity contribution is 6.00. The van der Waals surface area contributed by atoms with Gasteiger partial charge >= 0.3 is 0 Å². The number of anilines is 1. The molecular formula is C18H28N4O. The number of likely N-dealkylation sites (N-methyl/N-ethyl adjacent to an activating group) is 1. The normalized spacial score (nSPS) is 20.0. The summed E-state index contributed by atoms with van der Waals surface area (Å²) in [6, 6.07) is 2.04. The van der Waals surface area contributed by atoms with Gasteiger partial charge in [-0.1, -0.05) is 0 Å². The minimum absolute atomic E-state index is 0.170. The van der Waals surface area contributed by atoms with E-state index < -0.39 is 0 Å². The van der Waals surface area contributed by atoms with Gasteiger partial charge in [0.2, 0.25) is 0 Å². The molecule has 0 aromatic carbocycles. The van der Waals surface area contributed by atoms with Gasteiger partial charge in [0, 0.05) is 45.0 Å². The van der Waals surface area contributed by atoms with Crippen LogP contribution in [0.1, 0.15) is 40.9 Å². The molecule has 0 N–H and O–H groups in total. The van der Waals surface area contributed by atoms with E-state index in [0.717, 1.165) is 74.7 Å². The number of hydrogen-bond donors (Lipinski definition) is 0. The van der Waals surface area contributed by atoms with Crippen molar-refractivity contribution in [1.82, 2.24) is 14.8 Å². The summed E-state index contributed by atoms with van der Waals surface area (Å²) in [5.41, 5.74) is 2.87. The summed E-state index contributed by atoms with van der Waals surface area (Å²) in [4.78, 5) is 24.5. The monoisotopic (exact) mass is 316 g/mol. The molecule has 0 aliphatic carbocycles. The first kappa shape index (κ1) is 16.2. The first-order chi connectivity index (χ1) is 11.1. The molecule has 1 aromatic rings. The molecule has 126 valence electrons. The highest BCUT2D eigenvalue weighted by Crippen LogP contribution is 2.26. The minimum Gasteiger partial charge on any atom is -0.353 e. The molecule has 0 radical (unpaired) electrons. The summed E-state index contributed by atoms with van der Waals surface area (Å²) in [7, 11) is 2.14. The minimum atomic E-state index is 0.170. The Balaban J connectivity index is 1.93. The quantitative estimate of drug-likeness (QED) is 0.837. The van der Waals surface area contributed by atoms with E-state index >= 15 is 0 Å². The molecule has 0 unspecified atom stereocenters. The summed E-state index contributed by atoms with van der Waals surface area (Å²) in [5.74, 6) is 1.06. The number of rotatable bonds is 2. The van der Waals surface area contributed by atoms with Gasteiger partial charge in [-0.25, -0.2) is 4.98 Å². The number of carbonyl (C=O) groups excluding carboxylic acids is 1. The van der Waals surface area contributed by atoms with E-state index in [9.17, 15) is 4.79 Å². The van der Waals surface area contributed by atoms with Crippen molar-refractivity contribution in [1.29, 1.82) is 0 Å². The average Bonchev–Trinajstić information content (AvgIpc) is 2.55. The number of amides is 1.